The van der Waals surface area contributed by atoms with E-state index < -0.39 is 55.7 Å². The first-order valence-electron chi connectivity index (χ1n) is 5.17. The minimum atomic E-state index is -5.40. The van der Waals surface area contributed by atoms with Gasteiger partial charge >= 0.3 is 12.4 Å². The van der Waals surface area contributed by atoms with E-state index in [4.69, 9.17) is 16.2 Å². The van der Waals surface area contributed by atoms with Crippen molar-refractivity contribution in [3.05, 3.63) is 27.8 Å². The van der Waals surface area contributed by atoms with Crippen molar-refractivity contribution < 1.29 is 44.0 Å². The van der Waals surface area contributed by atoms with Crippen LogP contribution in [0.4, 0.5) is 26.3 Å². The highest BCUT2D eigenvalue weighted by Gasteiger charge is 2.44. The summed E-state index contributed by atoms with van der Waals surface area (Å²) >= 11 is 5.26. The summed E-state index contributed by atoms with van der Waals surface area (Å²) in [5, 5.41) is -1.56. The van der Waals surface area contributed by atoms with E-state index in [1.54, 1.807) is 0 Å². The summed E-state index contributed by atoms with van der Waals surface area (Å²) in [7, 11) is -4.55. The molecule has 1 N–H and O–H groups in total. The molecule has 0 radical (unpaired) electrons. The molecule has 0 heterocycles. The third kappa shape index (κ3) is 3.83. The molecule has 0 spiro atoms. The van der Waals surface area contributed by atoms with Crippen LogP contribution < -0.4 is 0 Å². The number of methoxy groups -OCH3 is 1. The number of benzene rings is 1. The van der Waals surface area contributed by atoms with Crippen LogP contribution in [0.2, 0.25) is 5.02 Å². The predicted octanol–water partition coefficient (Wildman–Crippen LogP) is 3.77. The highest BCUT2D eigenvalue weighted by molar-refractivity contribution is 7.86. The van der Waals surface area contributed by atoms with Crippen LogP contribution >= 0.6 is 11.6 Å². The van der Waals surface area contributed by atoms with E-state index in [-0.39, 0.29) is 6.07 Å². The number of hydrogen-bond acceptors (Lipinski definition) is 3. The standard InChI is InChI=1S/C10H7ClF6O4S/c1-21-3-4-5(9(12,13)14)2-6(22(18,19)20)8(11)7(4)10(15,16)17/h2H,3H2,1H3,(H,18,19,20). The summed E-state index contributed by atoms with van der Waals surface area (Å²) in [6, 6.07) is -0.165. The van der Waals surface area contributed by atoms with Crippen molar-refractivity contribution in [3.63, 3.8) is 0 Å². The lowest BCUT2D eigenvalue weighted by molar-refractivity contribution is -0.145. The molecule has 12 heteroatoms. The zero-order valence-corrected chi connectivity index (χ0v) is 12.1. The molecule has 1 aromatic carbocycles. The first-order valence-corrected chi connectivity index (χ1v) is 6.99. The summed E-state index contributed by atoms with van der Waals surface area (Å²) < 4.78 is 113. The van der Waals surface area contributed by atoms with E-state index in [1.165, 1.54) is 0 Å². The second-order valence-corrected chi connectivity index (χ2v) is 5.76. The van der Waals surface area contributed by atoms with Gasteiger partial charge in [-0.25, -0.2) is 0 Å². The van der Waals surface area contributed by atoms with Crippen LogP contribution in [0, 0.1) is 0 Å². The molecule has 0 saturated carbocycles. The van der Waals surface area contributed by atoms with Gasteiger partial charge in [0.1, 0.15) is 4.90 Å². The molecule has 4 nitrogen and oxygen atoms in total. The van der Waals surface area contributed by atoms with E-state index in [2.05, 4.69) is 4.74 Å². The Balaban J connectivity index is 4.02. The van der Waals surface area contributed by atoms with Crippen LogP contribution in [0.5, 0.6) is 0 Å². The molecule has 126 valence electrons. The fraction of sp³-hybridized carbons (Fsp3) is 0.400. The zero-order chi connectivity index (χ0) is 17.5. The second kappa shape index (κ2) is 5.87. The van der Waals surface area contributed by atoms with Crippen molar-refractivity contribution in [1.82, 2.24) is 0 Å². The minimum absolute atomic E-state index is 0.165. The van der Waals surface area contributed by atoms with E-state index in [0.717, 1.165) is 7.11 Å². The average Bonchev–Trinajstić information content (AvgIpc) is 2.23. The van der Waals surface area contributed by atoms with E-state index in [9.17, 15) is 34.8 Å². The molecule has 0 atom stereocenters. The number of halogens is 7. The molecule has 0 bridgehead atoms. The van der Waals surface area contributed by atoms with Gasteiger partial charge in [0.15, 0.2) is 0 Å². The van der Waals surface area contributed by atoms with Crippen molar-refractivity contribution in [1.29, 1.82) is 0 Å². The molecule has 0 aromatic heterocycles. The first kappa shape index (κ1) is 19.0. The van der Waals surface area contributed by atoms with Gasteiger partial charge in [0.2, 0.25) is 0 Å². The molecule has 22 heavy (non-hydrogen) atoms. The zero-order valence-electron chi connectivity index (χ0n) is 10.5. The van der Waals surface area contributed by atoms with Gasteiger partial charge in [-0.1, -0.05) is 11.6 Å². The lowest BCUT2D eigenvalue weighted by Gasteiger charge is -2.21. The quantitative estimate of drug-likeness (QED) is 0.648. The van der Waals surface area contributed by atoms with Gasteiger partial charge in [0, 0.05) is 12.7 Å². The van der Waals surface area contributed by atoms with Crippen LogP contribution in [-0.4, -0.2) is 20.1 Å². The Labute approximate surface area is 125 Å². The highest BCUT2D eigenvalue weighted by Crippen LogP contribution is 2.45. The number of ether oxygens (including phenoxy) is 1. The van der Waals surface area contributed by atoms with Crippen molar-refractivity contribution >= 4 is 21.7 Å². The number of hydrogen-bond donors (Lipinski definition) is 1. The smallest absolute Gasteiger partial charge is 0.380 e. The molecule has 0 aliphatic carbocycles. The Morgan fingerprint density at radius 3 is 2.00 bits per heavy atom. The van der Waals surface area contributed by atoms with Gasteiger partial charge in [-0.05, 0) is 6.07 Å². The largest absolute Gasteiger partial charge is 0.418 e. The SMILES string of the molecule is COCc1c(C(F)(F)F)cc(S(=O)(=O)O)c(Cl)c1C(F)(F)F. The molecule has 0 fully saturated rings. The minimum Gasteiger partial charge on any atom is -0.380 e. The lowest BCUT2D eigenvalue weighted by Crippen LogP contribution is -2.20. The molecule has 0 aliphatic heterocycles. The summed E-state index contributed by atoms with van der Waals surface area (Å²) in [4.78, 5) is -1.69. The van der Waals surface area contributed by atoms with Gasteiger partial charge in [-0.3, -0.25) is 4.55 Å². The van der Waals surface area contributed by atoms with Gasteiger partial charge in [-0.15, -0.1) is 0 Å². The van der Waals surface area contributed by atoms with Crippen LogP contribution in [0.1, 0.15) is 16.7 Å². The summed E-state index contributed by atoms with van der Waals surface area (Å²) in [6.07, 6.45) is -10.7. The molecular weight excluding hydrogens is 366 g/mol. The Kier molecular flexibility index (Phi) is 5.07. The summed E-state index contributed by atoms with van der Waals surface area (Å²) in [5.41, 5.74) is -5.32. The third-order valence-corrected chi connectivity index (χ3v) is 3.88. The van der Waals surface area contributed by atoms with E-state index in [1.807, 2.05) is 0 Å². The maximum absolute atomic E-state index is 13.0. The maximum atomic E-state index is 13.0. The summed E-state index contributed by atoms with van der Waals surface area (Å²) in [6.45, 7) is -1.12. The van der Waals surface area contributed by atoms with Gasteiger partial charge in [-0.2, -0.15) is 34.8 Å². The molecule has 1 rings (SSSR count). The summed E-state index contributed by atoms with van der Waals surface area (Å²) in [5.74, 6) is 0. The normalized spacial score (nSPS) is 13.5. The highest BCUT2D eigenvalue weighted by atomic mass is 35.5. The molecule has 0 saturated heterocycles. The predicted molar refractivity (Wildman–Crippen MR) is 62.0 cm³/mol. The van der Waals surface area contributed by atoms with Gasteiger partial charge in [0.25, 0.3) is 10.1 Å². The average molecular weight is 373 g/mol. The maximum Gasteiger partial charge on any atom is 0.418 e. The fourth-order valence-electron chi connectivity index (χ4n) is 1.70. The van der Waals surface area contributed by atoms with Crippen molar-refractivity contribution in [2.24, 2.45) is 0 Å². The second-order valence-electron chi connectivity index (χ2n) is 3.99. The Morgan fingerprint density at radius 2 is 1.68 bits per heavy atom. The number of alkyl halides is 6. The van der Waals surface area contributed by atoms with Crippen molar-refractivity contribution in [2.45, 2.75) is 23.9 Å². The van der Waals surface area contributed by atoms with Crippen molar-refractivity contribution in [3.8, 4) is 0 Å². The third-order valence-electron chi connectivity index (χ3n) is 2.49. The van der Waals surface area contributed by atoms with Gasteiger partial charge in [0.05, 0.1) is 22.8 Å². The van der Waals surface area contributed by atoms with Crippen molar-refractivity contribution in [2.75, 3.05) is 7.11 Å². The molecule has 0 unspecified atom stereocenters. The lowest BCUT2D eigenvalue weighted by atomic mass is 10.0. The molecular formula is C10H7ClF6O4S. The van der Waals surface area contributed by atoms with E-state index in [0.29, 0.717) is 0 Å². The topological polar surface area (TPSA) is 63.6 Å². The molecule has 1 aromatic rings. The Bertz CT molecular complexity index is 680. The van der Waals surface area contributed by atoms with Crippen LogP contribution in [-0.2, 0) is 33.8 Å². The van der Waals surface area contributed by atoms with Crippen LogP contribution in [0.3, 0.4) is 0 Å². The van der Waals surface area contributed by atoms with E-state index >= 15 is 0 Å². The Hall–Kier alpha value is -1.04. The van der Waals surface area contributed by atoms with Crippen LogP contribution in [0.15, 0.2) is 11.0 Å². The fourth-order valence-corrected chi connectivity index (χ4v) is 2.87. The monoisotopic (exact) mass is 372 g/mol. The van der Waals surface area contributed by atoms with Crippen LogP contribution in [0.25, 0.3) is 0 Å². The van der Waals surface area contributed by atoms with Gasteiger partial charge < -0.3 is 4.74 Å². The first-order chi connectivity index (χ1) is 9.71. The Morgan fingerprint density at radius 1 is 1.18 bits per heavy atom. The molecule has 0 aliphatic rings. The number of rotatable bonds is 3. The molecule has 0 amide bonds.